The van der Waals surface area contributed by atoms with Gasteiger partial charge in [0.2, 0.25) is 5.91 Å². The van der Waals surface area contributed by atoms with Gasteiger partial charge in [-0.3, -0.25) is 13.9 Å². The van der Waals surface area contributed by atoms with Crippen LogP contribution in [0, 0.1) is 0 Å². The molecule has 0 spiro atoms. The van der Waals surface area contributed by atoms with Crippen molar-refractivity contribution in [3.8, 4) is 0 Å². The monoisotopic (exact) mass is 329 g/mol. The zero-order valence-corrected chi connectivity index (χ0v) is 14.5. The lowest BCUT2D eigenvalue weighted by Gasteiger charge is -2.16. The molecule has 1 N–H and O–H groups in total. The molecule has 0 radical (unpaired) electrons. The number of benzene rings is 1. The summed E-state index contributed by atoms with van der Waals surface area (Å²) in [6.07, 6.45) is 7.88. The summed E-state index contributed by atoms with van der Waals surface area (Å²) in [5.74, 6) is -0.0524. The van der Waals surface area contributed by atoms with Crippen molar-refractivity contribution in [3.05, 3.63) is 34.7 Å². The largest absolute Gasteiger partial charge is 0.352 e. The van der Waals surface area contributed by atoms with Gasteiger partial charge in [-0.2, -0.15) is 0 Å². The average Bonchev–Trinajstić information content (AvgIpc) is 2.76. The minimum absolute atomic E-state index is 0.0524. The van der Waals surface area contributed by atoms with Crippen LogP contribution in [0.4, 0.5) is 0 Å². The second kappa shape index (κ2) is 7.69. The van der Waals surface area contributed by atoms with Gasteiger partial charge in [-0.1, -0.05) is 44.7 Å². The highest BCUT2D eigenvalue weighted by atomic mass is 16.2. The normalized spacial score (nSPS) is 16.2. The van der Waals surface area contributed by atoms with Crippen molar-refractivity contribution >= 4 is 16.9 Å². The molecule has 5 nitrogen and oxygen atoms in total. The number of carbonyl (C=O) groups is 1. The van der Waals surface area contributed by atoms with E-state index in [4.69, 9.17) is 0 Å². The van der Waals surface area contributed by atoms with Crippen LogP contribution in [0.25, 0.3) is 11.0 Å². The molecule has 0 atom stereocenters. The Morgan fingerprint density at radius 3 is 2.33 bits per heavy atom. The summed E-state index contributed by atoms with van der Waals surface area (Å²) in [5, 5.41) is 3.13. The Morgan fingerprint density at radius 2 is 1.71 bits per heavy atom. The second-order valence-electron chi connectivity index (χ2n) is 6.77. The zero-order valence-electron chi connectivity index (χ0n) is 14.5. The van der Waals surface area contributed by atoms with E-state index in [9.17, 15) is 9.59 Å². The minimum Gasteiger partial charge on any atom is -0.352 e. The van der Waals surface area contributed by atoms with E-state index >= 15 is 0 Å². The molecule has 0 unspecified atom stereocenters. The van der Waals surface area contributed by atoms with E-state index in [0.717, 1.165) is 30.3 Å². The number of aromatic nitrogens is 2. The summed E-state index contributed by atoms with van der Waals surface area (Å²) in [7, 11) is 0. The van der Waals surface area contributed by atoms with Crippen LogP contribution in [-0.2, 0) is 17.9 Å². The Hall–Kier alpha value is -2.04. The number of hydrogen-bond acceptors (Lipinski definition) is 2. The molecule has 1 fully saturated rings. The first-order valence-electron chi connectivity index (χ1n) is 9.18. The lowest BCUT2D eigenvalue weighted by atomic mass is 10.1. The highest BCUT2D eigenvalue weighted by Crippen LogP contribution is 2.17. The van der Waals surface area contributed by atoms with E-state index in [0.29, 0.717) is 6.54 Å². The molecule has 1 aromatic heterocycles. The molecular formula is C19H27N3O2. The molecule has 1 aliphatic carbocycles. The maximum atomic E-state index is 12.7. The fourth-order valence-electron chi connectivity index (χ4n) is 3.71. The van der Waals surface area contributed by atoms with E-state index in [1.54, 1.807) is 9.13 Å². The summed E-state index contributed by atoms with van der Waals surface area (Å²) < 4.78 is 3.38. The van der Waals surface area contributed by atoms with E-state index < -0.39 is 0 Å². The Labute approximate surface area is 142 Å². The van der Waals surface area contributed by atoms with Crippen LogP contribution < -0.4 is 11.0 Å². The predicted molar refractivity (Wildman–Crippen MR) is 96.1 cm³/mol. The quantitative estimate of drug-likeness (QED) is 0.857. The molecule has 0 saturated heterocycles. The Bertz CT molecular complexity index is 752. The summed E-state index contributed by atoms with van der Waals surface area (Å²) in [6.45, 7) is 2.83. The molecule has 1 heterocycles. The highest BCUT2D eigenvalue weighted by molar-refractivity contribution is 5.81. The van der Waals surface area contributed by atoms with Crippen molar-refractivity contribution in [1.82, 2.24) is 14.5 Å². The third-order valence-corrected chi connectivity index (χ3v) is 4.89. The first kappa shape index (κ1) is 16.8. The smallest absolute Gasteiger partial charge is 0.329 e. The minimum atomic E-state index is -0.0888. The van der Waals surface area contributed by atoms with Gasteiger partial charge in [-0.15, -0.1) is 0 Å². The molecule has 1 saturated carbocycles. The number of hydrogen-bond donors (Lipinski definition) is 1. The molecule has 130 valence electrons. The third-order valence-electron chi connectivity index (χ3n) is 4.89. The number of imidazole rings is 1. The molecule has 0 bridgehead atoms. The fraction of sp³-hybridized carbons (Fsp3) is 0.579. The van der Waals surface area contributed by atoms with Gasteiger partial charge in [0.1, 0.15) is 6.54 Å². The standard InChI is InChI=1S/C19H27N3O2/c1-2-13-21-16-11-7-8-12-17(16)22(19(21)24)14-18(23)20-15-9-5-3-4-6-10-15/h7-8,11-12,15H,2-6,9-10,13-14H2,1H3,(H,20,23). The average molecular weight is 329 g/mol. The van der Waals surface area contributed by atoms with Gasteiger partial charge in [0, 0.05) is 12.6 Å². The van der Waals surface area contributed by atoms with E-state index in [1.807, 2.05) is 24.3 Å². The molecule has 5 heteroatoms. The highest BCUT2D eigenvalue weighted by Gasteiger charge is 2.18. The van der Waals surface area contributed by atoms with Gasteiger partial charge in [-0.05, 0) is 31.4 Å². The maximum Gasteiger partial charge on any atom is 0.329 e. The Morgan fingerprint density at radius 1 is 1.08 bits per heavy atom. The SMILES string of the molecule is CCCn1c(=O)n(CC(=O)NC2CCCCCC2)c2ccccc21. The first-order valence-corrected chi connectivity index (χ1v) is 9.18. The van der Waals surface area contributed by atoms with Crippen molar-refractivity contribution in [2.75, 3.05) is 0 Å². The number of fused-ring (bicyclic) bond motifs is 1. The summed E-state index contributed by atoms with van der Waals surface area (Å²) in [5.41, 5.74) is 1.66. The molecule has 3 rings (SSSR count). The molecular weight excluding hydrogens is 302 g/mol. The van der Waals surface area contributed by atoms with Crippen molar-refractivity contribution < 1.29 is 4.79 Å². The molecule has 1 aliphatic rings. The summed E-state index contributed by atoms with van der Waals surface area (Å²) >= 11 is 0. The number of para-hydroxylation sites is 2. The predicted octanol–water partition coefficient (Wildman–Crippen LogP) is 3.05. The molecule has 24 heavy (non-hydrogen) atoms. The first-order chi connectivity index (χ1) is 11.7. The summed E-state index contributed by atoms with van der Waals surface area (Å²) in [6, 6.07) is 7.98. The lowest BCUT2D eigenvalue weighted by Crippen LogP contribution is -2.38. The molecule has 2 aromatic rings. The van der Waals surface area contributed by atoms with E-state index in [2.05, 4.69) is 12.2 Å². The maximum absolute atomic E-state index is 12.7. The lowest BCUT2D eigenvalue weighted by molar-refractivity contribution is -0.122. The fourth-order valence-corrected chi connectivity index (χ4v) is 3.71. The van der Waals surface area contributed by atoms with Gasteiger partial charge < -0.3 is 5.32 Å². The zero-order chi connectivity index (χ0) is 16.9. The molecule has 0 aliphatic heterocycles. The number of nitrogens with one attached hydrogen (secondary N) is 1. The van der Waals surface area contributed by atoms with Crippen LogP contribution in [0.3, 0.4) is 0 Å². The van der Waals surface area contributed by atoms with Crippen molar-refractivity contribution in [3.63, 3.8) is 0 Å². The van der Waals surface area contributed by atoms with E-state index in [-0.39, 0.29) is 24.2 Å². The van der Waals surface area contributed by atoms with Crippen LogP contribution in [0.15, 0.2) is 29.1 Å². The number of rotatable bonds is 5. The molecule has 1 aromatic carbocycles. The van der Waals surface area contributed by atoms with Gasteiger partial charge in [0.05, 0.1) is 11.0 Å². The van der Waals surface area contributed by atoms with Crippen molar-refractivity contribution in [2.24, 2.45) is 0 Å². The third kappa shape index (κ3) is 3.55. The number of aryl methyl sites for hydroxylation is 1. The van der Waals surface area contributed by atoms with Crippen molar-refractivity contribution in [2.45, 2.75) is 71.0 Å². The Balaban J connectivity index is 1.80. The van der Waals surface area contributed by atoms with Gasteiger partial charge >= 0.3 is 5.69 Å². The Kier molecular flexibility index (Phi) is 5.38. The van der Waals surface area contributed by atoms with Gasteiger partial charge in [0.25, 0.3) is 0 Å². The molecule has 1 amide bonds. The van der Waals surface area contributed by atoms with Crippen LogP contribution in [0.1, 0.15) is 51.9 Å². The van der Waals surface area contributed by atoms with Crippen LogP contribution in [-0.4, -0.2) is 21.1 Å². The van der Waals surface area contributed by atoms with Gasteiger partial charge in [0.15, 0.2) is 0 Å². The topological polar surface area (TPSA) is 56.0 Å². The summed E-state index contributed by atoms with van der Waals surface area (Å²) in [4.78, 5) is 25.2. The van der Waals surface area contributed by atoms with Crippen molar-refractivity contribution in [1.29, 1.82) is 0 Å². The number of carbonyl (C=O) groups excluding carboxylic acids is 1. The number of nitrogens with zero attached hydrogens (tertiary/aromatic N) is 2. The second-order valence-corrected chi connectivity index (χ2v) is 6.77. The van der Waals surface area contributed by atoms with Gasteiger partial charge in [-0.25, -0.2) is 4.79 Å². The number of amides is 1. The van der Waals surface area contributed by atoms with Crippen LogP contribution in [0.5, 0.6) is 0 Å². The van der Waals surface area contributed by atoms with Crippen LogP contribution >= 0.6 is 0 Å². The van der Waals surface area contributed by atoms with Crippen LogP contribution in [0.2, 0.25) is 0 Å². The van der Waals surface area contributed by atoms with E-state index in [1.165, 1.54) is 25.7 Å².